The predicted molar refractivity (Wildman–Crippen MR) is 66.6 cm³/mol. The Morgan fingerprint density at radius 3 is 2.94 bits per heavy atom. The number of hydrogen-bond donors (Lipinski definition) is 4. The van der Waals surface area contributed by atoms with Crippen LogP contribution >= 0.6 is 0 Å². The van der Waals surface area contributed by atoms with Crippen molar-refractivity contribution in [3.05, 3.63) is 0 Å². The summed E-state index contributed by atoms with van der Waals surface area (Å²) >= 11 is 0. The van der Waals surface area contributed by atoms with Gasteiger partial charge in [-0.1, -0.05) is 0 Å². The first-order chi connectivity index (χ1) is 8.38. The van der Waals surface area contributed by atoms with Gasteiger partial charge >= 0.3 is 0 Å². The Balaban J connectivity index is 1.61. The normalized spacial score (nSPS) is 43.6. The van der Waals surface area contributed by atoms with Crippen molar-refractivity contribution in [2.75, 3.05) is 26.4 Å². The molecule has 4 N–H and O–H groups in total. The zero-order valence-electron chi connectivity index (χ0n) is 10.4. The molecule has 3 aliphatic rings. The molecule has 4 atom stereocenters. The zero-order valence-corrected chi connectivity index (χ0v) is 10.4. The third-order valence-corrected chi connectivity index (χ3v) is 4.49. The van der Waals surface area contributed by atoms with Gasteiger partial charge in [0.2, 0.25) is 0 Å². The van der Waals surface area contributed by atoms with Crippen LogP contribution in [0.5, 0.6) is 0 Å². The number of nitrogens with one attached hydrogen (secondary N) is 3. The molecule has 3 saturated heterocycles. The van der Waals surface area contributed by atoms with Gasteiger partial charge in [-0.25, -0.2) is 0 Å². The number of aliphatic hydroxyl groups is 1. The lowest BCUT2D eigenvalue weighted by atomic mass is 9.96. The van der Waals surface area contributed by atoms with Crippen molar-refractivity contribution in [3.63, 3.8) is 0 Å². The fraction of sp³-hybridized carbons (Fsp3) is 1.00. The van der Waals surface area contributed by atoms with Crippen LogP contribution in [0.4, 0.5) is 0 Å². The number of rotatable bonds is 2. The quantitative estimate of drug-likeness (QED) is 0.501. The Morgan fingerprint density at radius 2 is 2.18 bits per heavy atom. The molecule has 3 aliphatic heterocycles. The molecule has 3 heterocycles. The van der Waals surface area contributed by atoms with Crippen LogP contribution in [0, 0.1) is 0 Å². The maximum absolute atomic E-state index is 9.21. The van der Waals surface area contributed by atoms with Gasteiger partial charge in [0.1, 0.15) is 0 Å². The van der Waals surface area contributed by atoms with Gasteiger partial charge in [-0.2, -0.15) is 0 Å². The average Bonchev–Trinajstić information content (AvgIpc) is 2.82. The molecule has 98 valence electrons. The van der Waals surface area contributed by atoms with Crippen molar-refractivity contribution >= 4 is 0 Å². The highest BCUT2D eigenvalue weighted by molar-refractivity contribution is 4.98. The first-order valence-electron chi connectivity index (χ1n) is 6.95. The number of aliphatic hydroxyl groups excluding tert-OH is 1. The third-order valence-electron chi connectivity index (χ3n) is 4.49. The van der Waals surface area contributed by atoms with Gasteiger partial charge < -0.3 is 10.4 Å². The fourth-order valence-electron chi connectivity index (χ4n) is 3.52. The second-order valence-corrected chi connectivity index (χ2v) is 5.55. The van der Waals surface area contributed by atoms with Crippen molar-refractivity contribution in [2.45, 2.75) is 50.0 Å². The molecule has 3 rings (SSSR count). The summed E-state index contributed by atoms with van der Waals surface area (Å²) < 4.78 is 0. The molecular weight excluding hydrogens is 216 g/mol. The van der Waals surface area contributed by atoms with E-state index in [1.165, 1.54) is 25.8 Å². The molecule has 0 aromatic heterocycles. The molecular formula is C12H24N4O. The summed E-state index contributed by atoms with van der Waals surface area (Å²) in [6.07, 6.45) is 5.29. The summed E-state index contributed by atoms with van der Waals surface area (Å²) in [7, 11) is 0. The summed E-state index contributed by atoms with van der Waals surface area (Å²) in [5, 5.41) is 19.8. The fourth-order valence-corrected chi connectivity index (χ4v) is 3.52. The molecule has 0 aromatic carbocycles. The predicted octanol–water partition coefficient (Wildman–Crippen LogP) is -0.960. The van der Waals surface area contributed by atoms with Crippen molar-refractivity contribution in [2.24, 2.45) is 0 Å². The van der Waals surface area contributed by atoms with Crippen LogP contribution in [0.1, 0.15) is 25.7 Å². The smallest absolute Gasteiger partial charge is 0.0745 e. The number of fused-ring (bicyclic) bond motifs is 1. The Kier molecular flexibility index (Phi) is 3.63. The molecule has 5 nitrogen and oxygen atoms in total. The monoisotopic (exact) mass is 240 g/mol. The third kappa shape index (κ3) is 2.35. The minimum Gasteiger partial charge on any atom is -0.395 e. The lowest BCUT2D eigenvalue weighted by Crippen LogP contribution is -2.58. The highest BCUT2D eigenvalue weighted by atomic mass is 16.3. The first kappa shape index (κ1) is 11.9. The molecule has 0 amide bonds. The molecule has 3 fully saturated rings. The van der Waals surface area contributed by atoms with E-state index in [0.717, 1.165) is 19.6 Å². The maximum atomic E-state index is 9.21. The first-order valence-corrected chi connectivity index (χ1v) is 6.95. The molecule has 0 spiro atoms. The van der Waals surface area contributed by atoms with Crippen LogP contribution in [0.25, 0.3) is 0 Å². The number of nitrogens with zero attached hydrogens (tertiary/aromatic N) is 1. The van der Waals surface area contributed by atoms with Crippen LogP contribution in [0.2, 0.25) is 0 Å². The second kappa shape index (κ2) is 5.20. The van der Waals surface area contributed by atoms with Crippen LogP contribution in [-0.4, -0.2) is 60.7 Å². The zero-order chi connectivity index (χ0) is 11.7. The number of hydrogen-bond acceptors (Lipinski definition) is 5. The van der Waals surface area contributed by atoms with Crippen LogP contribution in [0.3, 0.4) is 0 Å². The highest BCUT2D eigenvalue weighted by Crippen LogP contribution is 2.25. The lowest BCUT2D eigenvalue weighted by Gasteiger charge is -2.40. The maximum Gasteiger partial charge on any atom is 0.0745 e. The SMILES string of the molecule is OCC1CCC2C(NCN2C2CCCNC2)N1. The van der Waals surface area contributed by atoms with Gasteiger partial charge in [0, 0.05) is 24.7 Å². The summed E-state index contributed by atoms with van der Waals surface area (Å²) in [5.74, 6) is 0. The molecule has 0 bridgehead atoms. The molecule has 17 heavy (non-hydrogen) atoms. The minimum absolute atomic E-state index is 0.260. The molecule has 0 aliphatic carbocycles. The van der Waals surface area contributed by atoms with Crippen LogP contribution in [-0.2, 0) is 0 Å². The second-order valence-electron chi connectivity index (χ2n) is 5.55. The molecule has 0 radical (unpaired) electrons. The molecule has 0 saturated carbocycles. The van der Waals surface area contributed by atoms with E-state index in [0.29, 0.717) is 18.2 Å². The summed E-state index contributed by atoms with van der Waals surface area (Å²) in [4.78, 5) is 2.62. The van der Waals surface area contributed by atoms with E-state index in [9.17, 15) is 5.11 Å². The average molecular weight is 240 g/mol. The molecule has 5 heteroatoms. The van der Waals surface area contributed by atoms with Crippen molar-refractivity contribution in [1.29, 1.82) is 0 Å². The van der Waals surface area contributed by atoms with Crippen LogP contribution in [0.15, 0.2) is 0 Å². The number of piperidine rings is 2. The molecule has 4 unspecified atom stereocenters. The van der Waals surface area contributed by atoms with E-state index >= 15 is 0 Å². The van der Waals surface area contributed by atoms with Gasteiger partial charge in [0.05, 0.1) is 19.4 Å². The van der Waals surface area contributed by atoms with Crippen molar-refractivity contribution in [3.8, 4) is 0 Å². The van der Waals surface area contributed by atoms with Crippen molar-refractivity contribution < 1.29 is 5.11 Å². The van der Waals surface area contributed by atoms with Gasteiger partial charge in [-0.3, -0.25) is 15.5 Å². The van der Waals surface area contributed by atoms with E-state index in [4.69, 9.17) is 0 Å². The van der Waals surface area contributed by atoms with E-state index < -0.39 is 0 Å². The highest BCUT2D eigenvalue weighted by Gasteiger charge is 2.41. The van der Waals surface area contributed by atoms with Crippen LogP contribution < -0.4 is 16.0 Å². The van der Waals surface area contributed by atoms with Gasteiger partial charge in [0.15, 0.2) is 0 Å². The van der Waals surface area contributed by atoms with Gasteiger partial charge in [-0.15, -0.1) is 0 Å². The Bertz CT molecular complexity index is 257. The van der Waals surface area contributed by atoms with E-state index in [-0.39, 0.29) is 12.6 Å². The topological polar surface area (TPSA) is 59.6 Å². The Hall–Kier alpha value is -0.200. The standard InChI is InChI=1S/C12H24N4O/c17-7-9-3-4-11-12(15-9)14-8-16(11)10-2-1-5-13-6-10/h9-15,17H,1-8H2. The van der Waals surface area contributed by atoms with E-state index in [1.807, 2.05) is 0 Å². The van der Waals surface area contributed by atoms with Crippen molar-refractivity contribution in [1.82, 2.24) is 20.9 Å². The molecule has 0 aromatic rings. The Labute approximate surface area is 103 Å². The van der Waals surface area contributed by atoms with E-state index in [2.05, 4.69) is 20.9 Å². The summed E-state index contributed by atoms with van der Waals surface area (Å²) in [6.45, 7) is 3.56. The summed E-state index contributed by atoms with van der Waals surface area (Å²) in [6, 6.07) is 1.59. The van der Waals surface area contributed by atoms with Gasteiger partial charge in [-0.05, 0) is 32.2 Å². The largest absolute Gasteiger partial charge is 0.395 e. The minimum atomic E-state index is 0.260. The Morgan fingerprint density at radius 1 is 1.24 bits per heavy atom. The lowest BCUT2D eigenvalue weighted by molar-refractivity contribution is 0.103. The van der Waals surface area contributed by atoms with E-state index in [1.54, 1.807) is 0 Å². The van der Waals surface area contributed by atoms with Gasteiger partial charge in [0.25, 0.3) is 0 Å². The summed E-state index contributed by atoms with van der Waals surface area (Å²) in [5.41, 5.74) is 0.